The Morgan fingerprint density at radius 2 is 1.90 bits per heavy atom. The molecule has 2 heterocycles. The summed E-state index contributed by atoms with van der Waals surface area (Å²) in [7, 11) is 0. The van der Waals surface area contributed by atoms with Gasteiger partial charge >= 0.3 is 0 Å². The topological polar surface area (TPSA) is 25.2 Å². The van der Waals surface area contributed by atoms with Crippen LogP contribution in [0.5, 0.6) is 0 Å². The van der Waals surface area contributed by atoms with Crippen molar-refractivity contribution < 1.29 is 0 Å². The van der Waals surface area contributed by atoms with Gasteiger partial charge in [0.1, 0.15) is 0 Å². The standard InChI is InChI=1S/C17H26N2O/c1-4-10-14-15(5-2)19(6-3)17(20)13-16(14)18-11-8-7-9-12-18/h5,10,13H,4,6-9,11-12H2,1-3H3/b14-10+,15-5+. The van der Waals surface area contributed by atoms with E-state index in [0.717, 1.165) is 37.1 Å². The summed E-state index contributed by atoms with van der Waals surface area (Å²) < 4.78 is 1.87. The number of aromatic nitrogens is 1. The van der Waals surface area contributed by atoms with E-state index in [9.17, 15) is 4.79 Å². The number of hydrogen-bond donors (Lipinski definition) is 0. The molecule has 2 rings (SSSR count). The summed E-state index contributed by atoms with van der Waals surface area (Å²) in [6, 6.07) is 1.84. The van der Waals surface area contributed by atoms with Gasteiger partial charge in [-0.05, 0) is 39.5 Å². The summed E-state index contributed by atoms with van der Waals surface area (Å²) in [5.41, 5.74) is 1.25. The molecule has 1 aromatic rings. The number of hydrogen-bond acceptors (Lipinski definition) is 2. The highest BCUT2D eigenvalue weighted by molar-refractivity contribution is 5.52. The molecule has 1 aromatic heterocycles. The lowest BCUT2D eigenvalue weighted by Crippen LogP contribution is -2.47. The second-order valence-electron chi connectivity index (χ2n) is 5.36. The van der Waals surface area contributed by atoms with Crippen molar-refractivity contribution in [3.05, 3.63) is 27.0 Å². The van der Waals surface area contributed by atoms with Crippen LogP contribution < -0.4 is 21.0 Å². The number of pyridine rings is 1. The van der Waals surface area contributed by atoms with Gasteiger partial charge in [0, 0.05) is 36.3 Å². The zero-order valence-corrected chi connectivity index (χ0v) is 13.0. The Balaban J connectivity index is 2.71. The summed E-state index contributed by atoms with van der Waals surface area (Å²) in [6.45, 7) is 9.08. The van der Waals surface area contributed by atoms with E-state index in [0.29, 0.717) is 0 Å². The van der Waals surface area contributed by atoms with Crippen molar-refractivity contribution in [2.24, 2.45) is 0 Å². The molecule has 0 N–H and O–H groups in total. The average Bonchev–Trinajstić information content (AvgIpc) is 2.49. The first-order valence-corrected chi connectivity index (χ1v) is 7.88. The predicted octanol–water partition coefficient (Wildman–Crippen LogP) is 1.85. The molecular weight excluding hydrogens is 248 g/mol. The van der Waals surface area contributed by atoms with E-state index in [4.69, 9.17) is 0 Å². The van der Waals surface area contributed by atoms with E-state index in [1.165, 1.54) is 24.5 Å². The van der Waals surface area contributed by atoms with Crippen molar-refractivity contribution >= 4 is 17.8 Å². The highest BCUT2D eigenvalue weighted by atomic mass is 16.1. The lowest BCUT2D eigenvalue weighted by atomic mass is 10.1. The van der Waals surface area contributed by atoms with Gasteiger partial charge in [-0.15, -0.1) is 0 Å². The van der Waals surface area contributed by atoms with Gasteiger partial charge in [0.05, 0.1) is 5.69 Å². The average molecular weight is 274 g/mol. The Bertz CT molecular complexity index is 622. The Hall–Kier alpha value is -1.51. The highest BCUT2D eigenvalue weighted by Crippen LogP contribution is 2.14. The Kier molecular flexibility index (Phi) is 5.05. The fourth-order valence-electron chi connectivity index (χ4n) is 3.12. The van der Waals surface area contributed by atoms with E-state index >= 15 is 0 Å². The minimum Gasteiger partial charge on any atom is -0.371 e. The molecule has 1 fully saturated rings. The maximum atomic E-state index is 12.4. The summed E-state index contributed by atoms with van der Waals surface area (Å²) in [5, 5.41) is 2.31. The van der Waals surface area contributed by atoms with Crippen molar-refractivity contribution in [3.63, 3.8) is 0 Å². The quantitative estimate of drug-likeness (QED) is 0.840. The molecule has 0 unspecified atom stereocenters. The van der Waals surface area contributed by atoms with E-state index in [2.05, 4.69) is 24.0 Å². The molecule has 0 atom stereocenters. The number of nitrogens with zero attached hydrogens (tertiary/aromatic N) is 2. The van der Waals surface area contributed by atoms with Gasteiger partial charge in [0.2, 0.25) is 0 Å². The zero-order valence-electron chi connectivity index (χ0n) is 13.0. The zero-order chi connectivity index (χ0) is 14.5. The molecule has 0 spiro atoms. The summed E-state index contributed by atoms with van der Waals surface area (Å²) in [5.74, 6) is 0. The first kappa shape index (κ1) is 14.9. The molecular formula is C17H26N2O. The number of rotatable bonds is 3. The van der Waals surface area contributed by atoms with Crippen LogP contribution in [0.3, 0.4) is 0 Å². The maximum absolute atomic E-state index is 12.4. The molecule has 0 aliphatic carbocycles. The van der Waals surface area contributed by atoms with Crippen LogP contribution in [-0.2, 0) is 6.54 Å². The van der Waals surface area contributed by atoms with E-state index in [1.807, 2.05) is 24.5 Å². The van der Waals surface area contributed by atoms with Crippen LogP contribution >= 0.6 is 0 Å². The fraction of sp³-hybridized carbons (Fsp3) is 0.588. The van der Waals surface area contributed by atoms with Crippen molar-refractivity contribution in [3.8, 4) is 0 Å². The van der Waals surface area contributed by atoms with Crippen molar-refractivity contribution in [2.45, 2.75) is 53.0 Å². The second kappa shape index (κ2) is 6.78. The summed E-state index contributed by atoms with van der Waals surface area (Å²) >= 11 is 0. The van der Waals surface area contributed by atoms with Gasteiger partial charge in [-0.25, -0.2) is 0 Å². The molecule has 0 radical (unpaired) electrons. The van der Waals surface area contributed by atoms with Crippen LogP contribution in [0, 0.1) is 0 Å². The molecule has 0 aromatic carbocycles. The second-order valence-corrected chi connectivity index (χ2v) is 5.36. The van der Waals surface area contributed by atoms with Gasteiger partial charge < -0.3 is 9.47 Å². The summed E-state index contributed by atoms with van der Waals surface area (Å²) in [6.07, 6.45) is 9.08. The van der Waals surface area contributed by atoms with E-state index in [-0.39, 0.29) is 5.56 Å². The Morgan fingerprint density at radius 3 is 2.45 bits per heavy atom. The van der Waals surface area contributed by atoms with Crippen LogP contribution in [0.15, 0.2) is 10.9 Å². The minimum atomic E-state index is 0.120. The molecule has 3 nitrogen and oxygen atoms in total. The van der Waals surface area contributed by atoms with Gasteiger partial charge in [0.15, 0.2) is 0 Å². The van der Waals surface area contributed by atoms with Crippen LogP contribution in [0.25, 0.3) is 12.2 Å². The smallest absolute Gasteiger partial charge is 0.253 e. The molecule has 3 heteroatoms. The molecule has 1 aliphatic heterocycles. The normalized spacial score (nSPS) is 17.9. The number of piperidine rings is 1. The maximum Gasteiger partial charge on any atom is 0.253 e. The van der Waals surface area contributed by atoms with Gasteiger partial charge in [0.25, 0.3) is 5.56 Å². The largest absolute Gasteiger partial charge is 0.371 e. The Labute approximate surface area is 121 Å². The molecule has 0 bridgehead atoms. The van der Waals surface area contributed by atoms with E-state index in [1.54, 1.807) is 0 Å². The van der Waals surface area contributed by atoms with Gasteiger partial charge in [-0.3, -0.25) is 4.79 Å². The van der Waals surface area contributed by atoms with Crippen LogP contribution in [0.2, 0.25) is 0 Å². The predicted molar refractivity (Wildman–Crippen MR) is 86.6 cm³/mol. The SMILES string of the molecule is C/C=c1\c(=C/CC)c(N2CCCCC2)cc(=O)n1CC. The van der Waals surface area contributed by atoms with Crippen molar-refractivity contribution in [1.82, 2.24) is 4.57 Å². The molecule has 1 aliphatic rings. The first-order valence-electron chi connectivity index (χ1n) is 7.88. The van der Waals surface area contributed by atoms with Gasteiger partial charge in [-0.2, -0.15) is 0 Å². The third-order valence-corrected chi connectivity index (χ3v) is 4.06. The van der Waals surface area contributed by atoms with Crippen LogP contribution in [-0.4, -0.2) is 17.7 Å². The molecule has 20 heavy (non-hydrogen) atoms. The molecule has 1 saturated heterocycles. The molecule has 0 saturated carbocycles. The van der Waals surface area contributed by atoms with E-state index < -0.39 is 0 Å². The lowest BCUT2D eigenvalue weighted by Gasteiger charge is -2.29. The minimum absolute atomic E-state index is 0.120. The molecule has 0 amide bonds. The fourth-order valence-corrected chi connectivity index (χ4v) is 3.12. The number of anilines is 1. The third kappa shape index (κ3) is 2.82. The van der Waals surface area contributed by atoms with Crippen LogP contribution in [0.4, 0.5) is 5.69 Å². The highest BCUT2D eigenvalue weighted by Gasteiger charge is 2.14. The van der Waals surface area contributed by atoms with Crippen molar-refractivity contribution in [1.29, 1.82) is 0 Å². The van der Waals surface area contributed by atoms with Crippen molar-refractivity contribution in [2.75, 3.05) is 18.0 Å². The monoisotopic (exact) mass is 274 g/mol. The first-order chi connectivity index (χ1) is 9.72. The molecule has 110 valence electrons. The lowest BCUT2D eigenvalue weighted by molar-refractivity contribution is 0.574. The van der Waals surface area contributed by atoms with Gasteiger partial charge in [-0.1, -0.05) is 19.1 Å². The van der Waals surface area contributed by atoms with Crippen LogP contribution in [0.1, 0.15) is 46.5 Å². The third-order valence-electron chi connectivity index (χ3n) is 4.06. The Morgan fingerprint density at radius 1 is 1.20 bits per heavy atom. The summed E-state index contributed by atoms with van der Waals surface area (Å²) in [4.78, 5) is 14.7.